The molecule has 2 aromatic rings. The Balaban J connectivity index is 1.61. The fourth-order valence-corrected chi connectivity index (χ4v) is 3.70. The molecule has 0 aromatic heterocycles. The van der Waals surface area contributed by atoms with Gasteiger partial charge in [0.25, 0.3) is 0 Å². The second-order valence-corrected chi connectivity index (χ2v) is 7.86. The Bertz CT molecular complexity index is 897. The first-order chi connectivity index (χ1) is 11.9. The molecule has 0 fully saturated rings. The van der Waals surface area contributed by atoms with Crippen LogP contribution in [0.4, 0.5) is 5.69 Å². The second-order valence-electron chi connectivity index (χ2n) is 5.66. The van der Waals surface area contributed by atoms with E-state index in [4.69, 9.17) is 16.3 Å². The molecule has 0 saturated carbocycles. The molecule has 0 radical (unpaired) electrons. The van der Waals surface area contributed by atoms with Crippen LogP contribution in [0.15, 0.2) is 47.4 Å². The number of carbonyl (C=O) groups is 1. The van der Waals surface area contributed by atoms with Crippen LogP contribution in [0, 0.1) is 0 Å². The highest BCUT2D eigenvalue weighted by molar-refractivity contribution is 7.89. The van der Waals surface area contributed by atoms with Crippen LogP contribution in [0.1, 0.15) is 18.4 Å². The van der Waals surface area contributed by atoms with Crippen molar-refractivity contribution in [2.45, 2.75) is 17.7 Å². The van der Waals surface area contributed by atoms with Crippen molar-refractivity contribution in [3.8, 4) is 5.75 Å². The lowest BCUT2D eigenvalue weighted by Crippen LogP contribution is -2.28. The topological polar surface area (TPSA) is 84.5 Å². The molecular weight excluding hydrogens is 364 g/mol. The number of nitrogens with one attached hydrogen (secondary N) is 2. The lowest BCUT2D eigenvalue weighted by Gasteiger charge is -2.10. The first-order valence-corrected chi connectivity index (χ1v) is 9.56. The highest BCUT2D eigenvalue weighted by atomic mass is 35.5. The Labute approximate surface area is 151 Å². The van der Waals surface area contributed by atoms with Crippen LogP contribution in [0.5, 0.6) is 5.75 Å². The lowest BCUT2D eigenvalue weighted by atomic mass is 10.0. The predicted molar refractivity (Wildman–Crippen MR) is 95.6 cm³/mol. The summed E-state index contributed by atoms with van der Waals surface area (Å²) in [4.78, 5) is 11.8. The van der Waals surface area contributed by atoms with E-state index in [2.05, 4.69) is 10.0 Å². The number of rotatable bonds is 6. The zero-order valence-corrected chi connectivity index (χ0v) is 15.0. The number of hydrogen-bond acceptors (Lipinski definition) is 4. The van der Waals surface area contributed by atoms with E-state index >= 15 is 0 Å². The maximum Gasteiger partial charge on any atom is 0.240 e. The van der Waals surface area contributed by atoms with Crippen molar-refractivity contribution in [3.63, 3.8) is 0 Å². The molecule has 0 aliphatic carbocycles. The summed E-state index contributed by atoms with van der Waals surface area (Å²) in [5.41, 5.74) is 1.34. The maximum absolute atomic E-state index is 12.4. The van der Waals surface area contributed by atoms with Gasteiger partial charge < -0.3 is 10.1 Å². The Morgan fingerprint density at radius 3 is 2.64 bits per heavy atom. The summed E-state index contributed by atoms with van der Waals surface area (Å²) in [7, 11) is -3.67. The Hall–Kier alpha value is -2.09. The van der Waals surface area contributed by atoms with Gasteiger partial charge in [0.2, 0.25) is 15.9 Å². The van der Waals surface area contributed by atoms with Crippen LogP contribution in [0.25, 0.3) is 0 Å². The van der Waals surface area contributed by atoms with Gasteiger partial charge in [-0.1, -0.05) is 11.6 Å². The first kappa shape index (κ1) is 17.7. The molecular formula is C17H17ClN2O4S. The molecule has 6 nitrogen and oxygen atoms in total. The highest BCUT2D eigenvalue weighted by Crippen LogP contribution is 2.33. The Morgan fingerprint density at radius 1 is 1.20 bits per heavy atom. The molecule has 25 heavy (non-hydrogen) atoms. The highest BCUT2D eigenvalue weighted by Gasteiger charge is 2.28. The third-order valence-electron chi connectivity index (χ3n) is 3.93. The quantitative estimate of drug-likeness (QED) is 0.755. The van der Waals surface area contributed by atoms with Gasteiger partial charge in [-0.3, -0.25) is 4.79 Å². The van der Waals surface area contributed by atoms with E-state index in [1.165, 1.54) is 12.1 Å². The summed E-state index contributed by atoms with van der Waals surface area (Å²) in [6, 6.07) is 11.4. The summed E-state index contributed by atoms with van der Waals surface area (Å²) in [5, 5.41) is 3.32. The fourth-order valence-electron chi connectivity index (χ4n) is 2.52. The average molecular weight is 381 g/mol. The van der Waals surface area contributed by atoms with Crippen molar-refractivity contribution in [1.29, 1.82) is 0 Å². The first-order valence-electron chi connectivity index (χ1n) is 7.70. The number of hydrogen-bond donors (Lipinski definition) is 2. The van der Waals surface area contributed by atoms with Gasteiger partial charge in [0.05, 0.1) is 10.8 Å². The molecule has 0 spiro atoms. The molecule has 1 atom stereocenters. The molecule has 0 saturated heterocycles. The largest absolute Gasteiger partial charge is 0.492 e. The minimum absolute atomic E-state index is 0.120. The SMILES string of the molecule is C[C@H]1C(=O)Nc2ccc(S(=O)(=O)NCCOc3ccc(Cl)cc3)cc21. The third kappa shape index (κ3) is 3.95. The number of ether oxygens (including phenoxy) is 1. The van der Waals surface area contributed by atoms with Crippen molar-refractivity contribution in [3.05, 3.63) is 53.1 Å². The van der Waals surface area contributed by atoms with Crippen LogP contribution in [-0.4, -0.2) is 27.5 Å². The van der Waals surface area contributed by atoms with Gasteiger partial charge in [-0.25, -0.2) is 13.1 Å². The van der Waals surface area contributed by atoms with Crippen molar-refractivity contribution < 1.29 is 17.9 Å². The molecule has 1 aliphatic rings. The lowest BCUT2D eigenvalue weighted by molar-refractivity contribution is -0.116. The van der Waals surface area contributed by atoms with Crippen molar-refractivity contribution >= 4 is 33.2 Å². The predicted octanol–water partition coefficient (Wildman–Crippen LogP) is 2.75. The number of halogens is 1. The average Bonchev–Trinajstić information content (AvgIpc) is 2.87. The van der Waals surface area contributed by atoms with E-state index < -0.39 is 10.0 Å². The van der Waals surface area contributed by atoms with E-state index in [9.17, 15) is 13.2 Å². The fraction of sp³-hybridized carbons (Fsp3) is 0.235. The number of anilines is 1. The number of sulfonamides is 1. The zero-order chi connectivity index (χ0) is 18.0. The second kappa shape index (κ2) is 7.03. The minimum atomic E-state index is -3.67. The monoisotopic (exact) mass is 380 g/mol. The minimum Gasteiger partial charge on any atom is -0.492 e. The summed E-state index contributed by atoms with van der Waals surface area (Å²) in [6.07, 6.45) is 0. The molecule has 2 N–H and O–H groups in total. The molecule has 0 unspecified atom stereocenters. The Kier molecular flexibility index (Phi) is 4.99. The van der Waals surface area contributed by atoms with Gasteiger partial charge in [0, 0.05) is 17.3 Å². The number of fused-ring (bicyclic) bond motifs is 1. The van der Waals surface area contributed by atoms with E-state index in [1.54, 1.807) is 37.3 Å². The van der Waals surface area contributed by atoms with Crippen LogP contribution < -0.4 is 14.8 Å². The van der Waals surface area contributed by atoms with Gasteiger partial charge in [-0.2, -0.15) is 0 Å². The molecule has 1 aliphatic heterocycles. The summed E-state index contributed by atoms with van der Waals surface area (Å²) in [6.45, 7) is 2.04. The number of benzene rings is 2. The molecule has 3 rings (SSSR count). The van der Waals surface area contributed by atoms with Gasteiger partial charge >= 0.3 is 0 Å². The van der Waals surface area contributed by atoms with E-state index in [-0.39, 0.29) is 29.9 Å². The van der Waals surface area contributed by atoms with E-state index in [1.807, 2.05) is 0 Å². The molecule has 132 valence electrons. The molecule has 0 bridgehead atoms. The Morgan fingerprint density at radius 2 is 1.92 bits per heavy atom. The van der Waals surface area contributed by atoms with Crippen molar-refractivity contribution in [2.75, 3.05) is 18.5 Å². The van der Waals surface area contributed by atoms with Gasteiger partial charge in [0.1, 0.15) is 12.4 Å². The molecule has 8 heteroatoms. The summed E-state index contributed by atoms with van der Waals surface area (Å²) >= 11 is 5.79. The zero-order valence-electron chi connectivity index (χ0n) is 13.5. The summed E-state index contributed by atoms with van der Waals surface area (Å²) < 4.78 is 32.7. The van der Waals surface area contributed by atoms with Crippen LogP contribution in [0.3, 0.4) is 0 Å². The maximum atomic E-state index is 12.4. The standard InChI is InChI=1S/C17H17ClN2O4S/c1-11-15-10-14(6-7-16(15)20-17(11)21)25(22,23)19-8-9-24-13-4-2-12(18)3-5-13/h2-7,10-11,19H,8-9H2,1H3,(H,20,21)/t11-/m1/s1. The van der Waals surface area contributed by atoms with Crippen LogP contribution >= 0.6 is 11.6 Å². The normalized spacial score (nSPS) is 16.4. The molecule has 1 heterocycles. The van der Waals surface area contributed by atoms with Gasteiger partial charge in [0.15, 0.2) is 0 Å². The number of carbonyl (C=O) groups excluding carboxylic acids is 1. The van der Waals surface area contributed by atoms with Crippen LogP contribution in [-0.2, 0) is 14.8 Å². The molecule has 2 aromatic carbocycles. The van der Waals surface area contributed by atoms with E-state index in [0.717, 1.165) is 0 Å². The molecule has 1 amide bonds. The van der Waals surface area contributed by atoms with Gasteiger partial charge in [-0.15, -0.1) is 0 Å². The van der Waals surface area contributed by atoms with E-state index in [0.29, 0.717) is 22.0 Å². The third-order valence-corrected chi connectivity index (χ3v) is 5.64. The van der Waals surface area contributed by atoms with Gasteiger partial charge in [-0.05, 0) is 55.0 Å². The number of amides is 1. The van der Waals surface area contributed by atoms with Crippen LogP contribution in [0.2, 0.25) is 5.02 Å². The van der Waals surface area contributed by atoms with Crippen molar-refractivity contribution in [1.82, 2.24) is 4.72 Å². The smallest absolute Gasteiger partial charge is 0.240 e. The van der Waals surface area contributed by atoms with Crippen molar-refractivity contribution in [2.24, 2.45) is 0 Å². The summed E-state index contributed by atoms with van der Waals surface area (Å²) in [5.74, 6) is 0.117.